The predicted octanol–water partition coefficient (Wildman–Crippen LogP) is 1.54. The van der Waals surface area contributed by atoms with Gasteiger partial charge in [-0.15, -0.1) is 0 Å². The number of anilines is 1. The van der Waals surface area contributed by atoms with E-state index in [0.29, 0.717) is 38.0 Å². The van der Waals surface area contributed by atoms with Gasteiger partial charge in [0, 0.05) is 56.0 Å². The van der Waals surface area contributed by atoms with Gasteiger partial charge < -0.3 is 25.3 Å². The molecule has 0 spiro atoms. The van der Waals surface area contributed by atoms with Gasteiger partial charge in [0.1, 0.15) is 12.8 Å². The van der Waals surface area contributed by atoms with Crippen molar-refractivity contribution in [3.05, 3.63) is 65.2 Å². The topological polar surface area (TPSA) is 149 Å². The number of fused-ring (bicyclic) bond motifs is 1. The Balaban J connectivity index is 0.000000538. The van der Waals surface area contributed by atoms with Crippen molar-refractivity contribution in [3.63, 3.8) is 0 Å². The molecule has 2 amide bonds. The largest absolute Gasteiger partial charge is 0.473 e. The molecule has 0 aromatic heterocycles. The van der Waals surface area contributed by atoms with Crippen molar-refractivity contribution >= 4 is 35.2 Å². The van der Waals surface area contributed by atoms with Gasteiger partial charge >= 0.3 is 11.9 Å². The molecule has 2 aliphatic heterocycles. The number of piperazine rings is 1. The van der Waals surface area contributed by atoms with Gasteiger partial charge in [0.15, 0.2) is 0 Å². The number of aliphatic carboxylic acids is 2. The third-order valence-corrected chi connectivity index (χ3v) is 5.77. The molecular formula is C25H28N4O7. The van der Waals surface area contributed by atoms with Crippen molar-refractivity contribution in [1.82, 2.24) is 9.80 Å². The number of carbonyl (C=O) groups excluding carboxylic acids is 2. The van der Waals surface area contributed by atoms with Gasteiger partial charge in [-0.1, -0.05) is 35.5 Å². The van der Waals surface area contributed by atoms with Crippen molar-refractivity contribution in [2.24, 2.45) is 5.16 Å². The fourth-order valence-electron chi connectivity index (χ4n) is 3.93. The molecule has 1 saturated heterocycles. The zero-order valence-corrected chi connectivity index (χ0v) is 19.8. The quantitative estimate of drug-likeness (QED) is 0.321. The minimum absolute atomic E-state index is 0.0320. The zero-order chi connectivity index (χ0) is 26.1. The molecule has 11 heteroatoms. The van der Waals surface area contributed by atoms with E-state index in [1.54, 1.807) is 13.2 Å². The Hall–Kier alpha value is -4.25. The monoisotopic (exact) mass is 496 g/mol. The molecule has 3 N–H and O–H groups in total. The van der Waals surface area contributed by atoms with Gasteiger partial charge in [-0.3, -0.25) is 14.5 Å². The summed E-state index contributed by atoms with van der Waals surface area (Å²) in [5.74, 6) is -3.57. The van der Waals surface area contributed by atoms with Crippen molar-refractivity contribution in [3.8, 4) is 0 Å². The number of amides is 2. The molecule has 0 unspecified atom stereocenters. The Morgan fingerprint density at radius 3 is 2.22 bits per heavy atom. The first-order valence-corrected chi connectivity index (χ1v) is 11.3. The lowest BCUT2D eigenvalue weighted by atomic mass is 10.00. The van der Waals surface area contributed by atoms with E-state index >= 15 is 0 Å². The van der Waals surface area contributed by atoms with Crippen LogP contribution >= 0.6 is 0 Å². The van der Waals surface area contributed by atoms with Crippen LogP contribution in [0.3, 0.4) is 0 Å². The van der Waals surface area contributed by atoms with Crippen LogP contribution in [0.25, 0.3) is 0 Å². The molecule has 190 valence electrons. The number of rotatable bonds is 5. The molecule has 2 aliphatic rings. The molecule has 11 nitrogen and oxygen atoms in total. The van der Waals surface area contributed by atoms with E-state index in [0.717, 1.165) is 35.6 Å². The molecule has 0 bridgehead atoms. The summed E-state index contributed by atoms with van der Waals surface area (Å²) in [6.45, 7) is 3.58. The first-order valence-electron chi connectivity index (χ1n) is 11.3. The number of nitrogens with zero attached hydrogens (tertiary/aromatic N) is 3. The van der Waals surface area contributed by atoms with Crippen molar-refractivity contribution in [2.75, 3.05) is 45.2 Å². The van der Waals surface area contributed by atoms with Crippen LogP contribution in [0.2, 0.25) is 0 Å². The Morgan fingerprint density at radius 2 is 1.61 bits per heavy atom. The summed E-state index contributed by atoms with van der Waals surface area (Å²) in [5.41, 5.74) is 4.46. The van der Waals surface area contributed by atoms with E-state index < -0.39 is 11.9 Å². The third-order valence-electron chi connectivity index (χ3n) is 5.77. The molecule has 1 fully saturated rings. The Morgan fingerprint density at radius 1 is 0.944 bits per heavy atom. The van der Waals surface area contributed by atoms with Crippen molar-refractivity contribution < 1.29 is 34.2 Å². The van der Waals surface area contributed by atoms with E-state index in [4.69, 9.17) is 24.6 Å². The highest BCUT2D eigenvalue weighted by Crippen LogP contribution is 2.24. The van der Waals surface area contributed by atoms with Gasteiger partial charge in [-0.2, -0.15) is 0 Å². The lowest BCUT2D eigenvalue weighted by Crippen LogP contribution is -2.50. The van der Waals surface area contributed by atoms with Crippen LogP contribution in [0, 0.1) is 0 Å². The van der Waals surface area contributed by atoms with Gasteiger partial charge in [-0.25, -0.2) is 9.59 Å². The lowest BCUT2D eigenvalue weighted by Gasteiger charge is -2.35. The molecule has 0 aliphatic carbocycles. The zero-order valence-electron chi connectivity index (χ0n) is 19.8. The summed E-state index contributed by atoms with van der Waals surface area (Å²) in [7, 11) is 1.56. The summed E-state index contributed by atoms with van der Waals surface area (Å²) in [6.07, 6.45) is 1.15. The molecule has 4 rings (SSSR count). The van der Waals surface area contributed by atoms with Crippen LogP contribution in [-0.2, 0) is 25.6 Å². The fraction of sp³-hybridized carbons (Fsp3) is 0.320. The fourth-order valence-corrected chi connectivity index (χ4v) is 3.93. The minimum atomic E-state index is -1.82. The minimum Gasteiger partial charge on any atom is -0.473 e. The van der Waals surface area contributed by atoms with Gasteiger partial charge in [-0.05, 0) is 30.2 Å². The van der Waals surface area contributed by atoms with Gasteiger partial charge in [0.2, 0.25) is 5.91 Å². The second-order valence-corrected chi connectivity index (χ2v) is 8.19. The number of oxime groups is 1. The Bertz CT molecular complexity index is 1130. The number of hydrogen-bond donors (Lipinski definition) is 3. The Labute approximate surface area is 207 Å². The second kappa shape index (κ2) is 12.5. The number of carbonyl (C=O) groups is 4. The van der Waals surface area contributed by atoms with Gasteiger partial charge in [0.25, 0.3) is 5.91 Å². The third kappa shape index (κ3) is 7.12. The number of benzene rings is 2. The summed E-state index contributed by atoms with van der Waals surface area (Å²) < 4.78 is 0. The average molecular weight is 497 g/mol. The van der Waals surface area contributed by atoms with Crippen molar-refractivity contribution in [2.45, 2.75) is 12.8 Å². The smallest absolute Gasteiger partial charge is 0.414 e. The summed E-state index contributed by atoms with van der Waals surface area (Å²) in [6, 6.07) is 15.6. The molecule has 2 heterocycles. The van der Waals surface area contributed by atoms with Crippen LogP contribution in [-0.4, -0.2) is 89.3 Å². The van der Waals surface area contributed by atoms with E-state index in [1.807, 2.05) is 47.4 Å². The average Bonchev–Trinajstić information content (AvgIpc) is 2.89. The van der Waals surface area contributed by atoms with Crippen LogP contribution in [0.4, 0.5) is 5.69 Å². The molecule has 36 heavy (non-hydrogen) atoms. The number of nitrogens with one attached hydrogen (secondary N) is 1. The second-order valence-electron chi connectivity index (χ2n) is 8.19. The summed E-state index contributed by atoms with van der Waals surface area (Å²) in [5, 5.41) is 21.8. The normalized spacial score (nSPS) is 15.6. The molecular weight excluding hydrogens is 468 g/mol. The van der Waals surface area contributed by atoms with E-state index in [1.165, 1.54) is 0 Å². The van der Waals surface area contributed by atoms with Crippen molar-refractivity contribution in [1.29, 1.82) is 0 Å². The van der Waals surface area contributed by atoms with Crippen LogP contribution < -0.4 is 5.32 Å². The molecule has 0 atom stereocenters. The lowest BCUT2D eigenvalue weighted by molar-refractivity contribution is -0.159. The number of hydrogen-bond acceptors (Lipinski definition) is 7. The Kier molecular flexibility index (Phi) is 9.12. The van der Waals surface area contributed by atoms with E-state index in [-0.39, 0.29) is 11.8 Å². The molecule has 2 aromatic carbocycles. The SMILES string of the molecule is CON=C(CN1CCN(C(=O)c2ccc3c(c2)CCC(=O)N3)CC1)c1ccccc1.O=C(O)C(=O)O. The summed E-state index contributed by atoms with van der Waals surface area (Å²) >= 11 is 0. The van der Waals surface area contributed by atoms with Crippen LogP contribution in [0.5, 0.6) is 0 Å². The highest BCUT2D eigenvalue weighted by Gasteiger charge is 2.24. The molecule has 0 saturated carbocycles. The highest BCUT2D eigenvalue weighted by molar-refractivity contribution is 6.27. The number of carboxylic acids is 2. The maximum absolute atomic E-state index is 13.0. The summed E-state index contributed by atoms with van der Waals surface area (Å²) in [4.78, 5) is 51.9. The first kappa shape index (κ1) is 26.4. The molecule has 0 radical (unpaired) electrons. The van der Waals surface area contributed by atoms with E-state index in [9.17, 15) is 9.59 Å². The maximum Gasteiger partial charge on any atom is 0.414 e. The molecule has 2 aromatic rings. The highest BCUT2D eigenvalue weighted by atomic mass is 16.6. The standard InChI is InChI=1S/C23H26N4O3.C2H2O4/c1-30-25-21(17-5-3-2-4-6-17)16-26-11-13-27(14-12-26)23(29)19-7-9-20-18(15-19)8-10-22(28)24-20;3-1(4)2(5)6/h2-7,9,15H,8,10-14,16H2,1H3,(H,24,28);(H,3,4)(H,5,6). The van der Waals surface area contributed by atoms with Crippen LogP contribution in [0.1, 0.15) is 27.9 Å². The number of aryl methyl sites for hydroxylation is 1. The predicted molar refractivity (Wildman–Crippen MR) is 131 cm³/mol. The van der Waals surface area contributed by atoms with Crippen LogP contribution in [0.15, 0.2) is 53.7 Å². The maximum atomic E-state index is 13.0. The van der Waals surface area contributed by atoms with E-state index in [2.05, 4.69) is 15.4 Å². The van der Waals surface area contributed by atoms with Gasteiger partial charge in [0.05, 0.1) is 0 Å². The first-order chi connectivity index (χ1) is 17.3. The number of carboxylic acid groups (broad SMARTS) is 2.